The van der Waals surface area contributed by atoms with Crippen LogP contribution in [0.1, 0.15) is 33.9 Å². The van der Waals surface area contributed by atoms with Gasteiger partial charge in [0.05, 0.1) is 13.2 Å². The minimum Gasteiger partial charge on any atom is -0.496 e. The van der Waals surface area contributed by atoms with Gasteiger partial charge < -0.3 is 9.84 Å². The average Bonchev–Trinajstić information content (AvgIpc) is 2.43. The summed E-state index contributed by atoms with van der Waals surface area (Å²) in [6.07, 6.45) is -0.00104. The molecule has 0 aliphatic rings. The molecule has 0 aliphatic heterocycles. The predicted octanol–water partition coefficient (Wildman–Crippen LogP) is 4.66. The summed E-state index contributed by atoms with van der Waals surface area (Å²) in [6.45, 7) is 6.21. The highest BCUT2D eigenvalue weighted by Gasteiger charge is 2.15. The smallest absolute Gasteiger partial charge is 0.122 e. The fourth-order valence-electron chi connectivity index (χ4n) is 2.57. The Morgan fingerprint density at radius 2 is 1.71 bits per heavy atom. The molecule has 3 heteroatoms. The summed E-state index contributed by atoms with van der Waals surface area (Å²) in [5.41, 5.74) is 5.57. The highest BCUT2D eigenvalue weighted by Crippen LogP contribution is 2.30. The van der Waals surface area contributed by atoms with Gasteiger partial charge in [-0.05, 0) is 66.8 Å². The lowest BCUT2D eigenvalue weighted by atomic mass is 9.93. The zero-order valence-corrected chi connectivity index (χ0v) is 14.5. The van der Waals surface area contributed by atoms with Crippen LogP contribution in [0.4, 0.5) is 0 Å². The highest BCUT2D eigenvalue weighted by atomic mass is 79.9. The summed E-state index contributed by atoms with van der Waals surface area (Å²) >= 11 is 3.47. The largest absolute Gasteiger partial charge is 0.496 e. The predicted molar refractivity (Wildman–Crippen MR) is 90.0 cm³/mol. The molecule has 0 spiro atoms. The number of benzene rings is 2. The van der Waals surface area contributed by atoms with Crippen molar-refractivity contribution in [2.45, 2.75) is 33.3 Å². The Hall–Kier alpha value is -1.32. The SMILES string of the molecule is COc1ccc(Br)cc1CC(O)c1cc(C)c(C)cc1C. The monoisotopic (exact) mass is 348 g/mol. The molecule has 1 N–H and O–H groups in total. The summed E-state index contributed by atoms with van der Waals surface area (Å²) in [5.74, 6) is 0.804. The van der Waals surface area contributed by atoms with E-state index in [9.17, 15) is 5.11 Å². The van der Waals surface area contributed by atoms with Gasteiger partial charge in [-0.25, -0.2) is 0 Å². The molecule has 1 atom stereocenters. The Labute approximate surface area is 134 Å². The molecule has 21 heavy (non-hydrogen) atoms. The number of hydrogen-bond donors (Lipinski definition) is 1. The van der Waals surface area contributed by atoms with E-state index >= 15 is 0 Å². The van der Waals surface area contributed by atoms with E-state index in [-0.39, 0.29) is 0 Å². The first-order valence-corrected chi connectivity index (χ1v) is 7.80. The van der Waals surface area contributed by atoms with Crippen LogP contribution in [-0.4, -0.2) is 12.2 Å². The van der Waals surface area contributed by atoms with Crippen LogP contribution >= 0.6 is 15.9 Å². The fraction of sp³-hybridized carbons (Fsp3) is 0.333. The lowest BCUT2D eigenvalue weighted by Gasteiger charge is -2.17. The number of halogens is 1. The second-order valence-corrected chi connectivity index (χ2v) is 6.38. The maximum Gasteiger partial charge on any atom is 0.122 e. The standard InChI is InChI=1S/C18H21BrO2/c1-11-7-13(3)16(8-12(11)2)17(20)10-14-9-15(19)5-6-18(14)21-4/h5-9,17,20H,10H2,1-4H3. The van der Waals surface area contributed by atoms with Crippen molar-refractivity contribution in [3.05, 3.63) is 62.6 Å². The highest BCUT2D eigenvalue weighted by molar-refractivity contribution is 9.10. The summed E-state index contributed by atoms with van der Waals surface area (Å²) < 4.78 is 6.37. The second kappa shape index (κ2) is 6.63. The van der Waals surface area contributed by atoms with Gasteiger partial charge in [0.15, 0.2) is 0 Å². The Bertz CT molecular complexity index is 650. The van der Waals surface area contributed by atoms with Crippen molar-refractivity contribution < 1.29 is 9.84 Å². The van der Waals surface area contributed by atoms with Crippen LogP contribution in [0.15, 0.2) is 34.8 Å². The van der Waals surface area contributed by atoms with Crippen LogP contribution in [0.5, 0.6) is 5.75 Å². The second-order valence-electron chi connectivity index (χ2n) is 5.47. The van der Waals surface area contributed by atoms with Crippen LogP contribution in [-0.2, 0) is 6.42 Å². The molecule has 2 aromatic rings. The number of rotatable bonds is 4. The van der Waals surface area contributed by atoms with Crippen molar-refractivity contribution in [3.63, 3.8) is 0 Å². The fourth-order valence-corrected chi connectivity index (χ4v) is 2.98. The molecule has 2 aromatic carbocycles. The van der Waals surface area contributed by atoms with Crippen molar-refractivity contribution in [2.24, 2.45) is 0 Å². The Morgan fingerprint density at radius 1 is 1.05 bits per heavy atom. The number of aliphatic hydroxyl groups excluding tert-OH is 1. The lowest BCUT2D eigenvalue weighted by molar-refractivity contribution is 0.176. The van der Waals surface area contributed by atoms with Gasteiger partial charge in [0.1, 0.15) is 5.75 Å². The van der Waals surface area contributed by atoms with Crippen molar-refractivity contribution >= 4 is 15.9 Å². The molecule has 1 unspecified atom stereocenters. The van der Waals surface area contributed by atoms with Gasteiger partial charge >= 0.3 is 0 Å². The molecule has 0 heterocycles. The van der Waals surface area contributed by atoms with E-state index in [0.717, 1.165) is 26.9 Å². The number of methoxy groups -OCH3 is 1. The third kappa shape index (κ3) is 3.66. The van der Waals surface area contributed by atoms with Gasteiger partial charge in [-0.2, -0.15) is 0 Å². The number of aliphatic hydroxyl groups is 1. The van der Waals surface area contributed by atoms with Crippen molar-refractivity contribution in [1.82, 2.24) is 0 Å². The average molecular weight is 349 g/mol. The lowest BCUT2D eigenvalue weighted by Crippen LogP contribution is -2.06. The molecule has 0 amide bonds. The summed E-state index contributed by atoms with van der Waals surface area (Å²) in [4.78, 5) is 0. The molecule has 0 aliphatic carbocycles. The Balaban J connectivity index is 2.32. The topological polar surface area (TPSA) is 29.5 Å². The normalized spacial score (nSPS) is 12.3. The van der Waals surface area contributed by atoms with Gasteiger partial charge in [-0.15, -0.1) is 0 Å². The third-order valence-electron chi connectivity index (χ3n) is 3.90. The minimum absolute atomic E-state index is 0.534. The van der Waals surface area contributed by atoms with Gasteiger partial charge in [-0.1, -0.05) is 28.1 Å². The summed E-state index contributed by atoms with van der Waals surface area (Å²) in [7, 11) is 1.65. The van der Waals surface area contributed by atoms with Gasteiger partial charge in [0.2, 0.25) is 0 Å². The third-order valence-corrected chi connectivity index (χ3v) is 4.39. The molecule has 0 radical (unpaired) electrons. The maximum atomic E-state index is 10.6. The molecule has 0 aromatic heterocycles. The molecular weight excluding hydrogens is 328 g/mol. The quantitative estimate of drug-likeness (QED) is 0.870. The van der Waals surface area contributed by atoms with Crippen LogP contribution in [0, 0.1) is 20.8 Å². The first-order valence-electron chi connectivity index (χ1n) is 7.00. The maximum absolute atomic E-state index is 10.6. The first-order chi connectivity index (χ1) is 9.92. The van der Waals surface area contributed by atoms with E-state index < -0.39 is 6.10 Å². The Morgan fingerprint density at radius 3 is 2.38 bits per heavy atom. The minimum atomic E-state index is -0.535. The van der Waals surface area contributed by atoms with Gasteiger partial charge in [0, 0.05) is 10.9 Å². The molecule has 0 fully saturated rings. The molecule has 2 nitrogen and oxygen atoms in total. The molecule has 0 bridgehead atoms. The Kier molecular flexibility index (Phi) is 5.07. The number of hydrogen-bond acceptors (Lipinski definition) is 2. The molecular formula is C18H21BrO2. The molecule has 112 valence electrons. The molecule has 0 saturated heterocycles. The van der Waals surface area contributed by atoms with Crippen LogP contribution in [0.2, 0.25) is 0 Å². The van der Waals surface area contributed by atoms with Crippen LogP contribution in [0.25, 0.3) is 0 Å². The first kappa shape index (κ1) is 16.1. The van der Waals surface area contributed by atoms with E-state index in [1.165, 1.54) is 11.1 Å². The van der Waals surface area contributed by atoms with Crippen LogP contribution in [0.3, 0.4) is 0 Å². The summed E-state index contributed by atoms with van der Waals surface area (Å²) in [5, 5.41) is 10.6. The molecule has 2 rings (SSSR count). The van der Waals surface area contributed by atoms with Gasteiger partial charge in [0.25, 0.3) is 0 Å². The van der Waals surface area contributed by atoms with Crippen molar-refractivity contribution in [2.75, 3.05) is 7.11 Å². The van der Waals surface area contributed by atoms with Crippen molar-refractivity contribution in [3.8, 4) is 5.75 Å². The van der Waals surface area contributed by atoms with Crippen LogP contribution < -0.4 is 4.74 Å². The zero-order valence-electron chi connectivity index (χ0n) is 12.9. The summed E-state index contributed by atoms with van der Waals surface area (Å²) in [6, 6.07) is 10.1. The van der Waals surface area contributed by atoms with Crippen molar-refractivity contribution in [1.29, 1.82) is 0 Å². The number of aryl methyl sites for hydroxylation is 3. The van der Waals surface area contributed by atoms with Gasteiger partial charge in [-0.3, -0.25) is 0 Å². The van der Waals surface area contributed by atoms with E-state index in [2.05, 4.69) is 41.9 Å². The van der Waals surface area contributed by atoms with E-state index in [0.29, 0.717) is 6.42 Å². The molecule has 0 saturated carbocycles. The van der Waals surface area contributed by atoms with E-state index in [1.54, 1.807) is 7.11 Å². The van der Waals surface area contributed by atoms with E-state index in [1.807, 2.05) is 25.1 Å². The zero-order chi connectivity index (χ0) is 15.6. The van der Waals surface area contributed by atoms with E-state index in [4.69, 9.17) is 4.74 Å². The number of ether oxygens (including phenoxy) is 1.